The van der Waals surface area contributed by atoms with E-state index in [-0.39, 0.29) is 17.1 Å². The molecule has 0 atom stereocenters. The van der Waals surface area contributed by atoms with Crippen molar-refractivity contribution in [2.45, 2.75) is 26.1 Å². The quantitative estimate of drug-likeness (QED) is 0.459. The Morgan fingerprint density at radius 1 is 1.06 bits per heavy atom. The Labute approximate surface area is 184 Å². The summed E-state index contributed by atoms with van der Waals surface area (Å²) in [6.07, 6.45) is 2.76. The molecule has 1 aromatic carbocycles. The lowest BCUT2D eigenvalue weighted by Gasteiger charge is -2.10. The fraction of sp³-hybridized carbons (Fsp3) is 0.273. The molecule has 0 saturated carbocycles. The van der Waals surface area contributed by atoms with Crippen LogP contribution < -0.4 is 5.56 Å². The van der Waals surface area contributed by atoms with Gasteiger partial charge in [-0.2, -0.15) is 0 Å². The molecular weight excluding hydrogens is 433 g/mol. The molecule has 166 valence electrons. The van der Waals surface area contributed by atoms with Gasteiger partial charge in [0.2, 0.25) is 0 Å². The van der Waals surface area contributed by atoms with Gasteiger partial charge in [0, 0.05) is 30.6 Å². The molecule has 0 aliphatic carbocycles. The molecule has 10 heteroatoms. The van der Waals surface area contributed by atoms with Crippen molar-refractivity contribution in [3.05, 3.63) is 75.3 Å². The fourth-order valence-electron chi connectivity index (χ4n) is 3.61. The lowest BCUT2D eigenvalue weighted by atomic mass is 10.2. The number of aryl methyl sites for hydroxylation is 3. The zero-order valence-corrected chi connectivity index (χ0v) is 18.9. The van der Waals surface area contributed by atoms with E-state index in [2.05, 4.69) is 15.0 Å². The number of halogens is 1. The monoisotopic (exact) mass is 455 g/mol. The van der Waals surface area contributed by atoms with Crippen LogP contribution in [0.4, 0.5) is 4.39 Å². The normalized spacial score (nSPS) is 11.9. The van der Waals surface area contributed by atoms with E-state index in [1.54, 1.807) is 45.3 Å². The summed E-state index contributed by atoms with van der Waals surface area (Å²) in [5.74, 6) is 0.305. The molecule has 0 unspecified atom stereocenters. The number of benzene rings is 1. The van der Waals surface area contributed by atoms with Crippen LogP contribution in [0.3, 0.4) is 0 Å². The number of rotatable bonds is 5. The highest BCUT2D eigenvalue weighted by Gasteiger charge is 2.20. The SMILES string of the molecule is Cc1cc(-c2nc(CS(C)(=O)=O)c3nc(C)n(Cc4ccc(F)cc4)c3n2)cn(C)c1=O. The zero-order chi connectivity index (χ0) is 23.2. The van der Waals surface area contributed by atoms with Crippen molar-refractivity contribution in [3.8, 4) is 11.4 Å². The molecular formula is C22H22FN5O3S. The molecule has 0 N–H and O–H groups in total. The summed E-state index contributed by atoms with van der Waals surface area (Å²) in [7, 11) is -1.76. The van der Waals surface area contributed by atoms with Crippen molar-refractivity contribution >= 4 is 21.0 Å². The Kier molecular flexibility index (Phi) is 5.41. The topological polar surface area (TPSA) is 99.7 Å². The second kappa shape index (κ2) is 7.94. The first-order valence-corrected chi connectivity index (χ1v) is 11.9. The molecule has 0 radical (unpaired) electrons. The molecule has 32 heavy (non-hydrogen) atoms. The number of hydrogen-bond donors (Lipinski definition) is 0. The van der Waals surface area contributed by atoms with E-state index >= 15 is 0 Å². The second-order valence-electron chi connectivity index (χ2n) is 7.94. The molecule has 0 saturated heterocycles. The Hall–Kier alpha value is -3.40. The summed E-state index contributed by atoms with van der Waals surface area (Å²) in [4.78, 5) is 25.8. The van der Waals surface area contributed by atoms with E-state index in [1.165, 1.54) is 16.7 Å². The highest BCUT2D eigenvalue weighted by Crippen LogP contribution is 2.24. The average Bonchev–Trinajstić information content (AvgIpc) is 3.02. The first-order valence-electron chi connectivity index (χ1n) is 9.85. The van der Waals surface area contributed by atoms with Gasteiger partial charge >= 0.3 is 0 Å². The minimum Gasteiger partial charge on any atom is -0.318 e. The van der Waals surface area contributed by atoms with Gasteiger partial charge < -0.3 is 9.13 Å². The number of nitrogens with zero attached hydrogens (tertiary/aromatic N) is 5. The highest BCUT2D eigenvalue weighted by atomic mass is 32.2. The zero-order valence-electron chi connectivity index (χ0n) is 18.1. The predicted molar refractivity (Wildman–Crippen MR) is 120 cm³/mol. The number of fused-ring (bicyclic) bond motifs is 1. The van der Waals surface area contributed by atoms with E-state index in [4.69, 9.17) is 0 Å². The van der Waals surface area contributed by atoms with Gasteiger partial charge in [-0.05, 0) is 37.6 Å². The van der Waals surface area contributed by atoms with Gasteiger partial charge in [-0.15, -0.1) is 0 Å². The van der Waals surface area contributed by atoms with Crippen molar-refractivity contribution < 1.29 is 12.8 Å². The summed E-state index contributed by atoms with van der Waals surface area (Å²) in [6, 6.07) is 7.80. The van der Waals surface area contributed by atoms with Gasteiger partial charge in [-0.25, -0.2) is 27.8 Å². The van der Waals surface area contributed by atoms with E-state index in [9.17, 15) is 17.6 Å². The van der Waals surface area contributed by atoms with Crippen LogP contribution in [0.1, 0.15) is 22.6 Å². The van der Waals surface area contributed by atoms with Crippen LogP contribution >= 0.6 is 0 Å². The van der Waals surface area contributed by atoms with E-state index in [0.29, 0.717) is 46.2 Å². The van der Waals surface area contributed by atoms with Crippen LogP contribution in [0, 0.1) is 19.7 Å². The average molecular weight is 456 g/mol. The Balaban J connectivity index is 1.95. The van der Waals surface area contributed by atoms with Crippen LogP contribution in [0.15, 0.2) is 41.3 Å². The molecule has 3 aromatic heterocycles. The molecule has 0 bridgehead atoms. The third-order valence-electron chi connectivity index (χ3n) is 5.13. The van der Waals surface area contributed by atoms with Crippen LogP contribution in [0.2, 0.25) is 0 Å². The van der Waals surface area contributed by atoms with Gasteiger partial charge in [0.05, 0.1) is 18.0 Å². The van der Waals surface area contributed by atoms with E-state index in [1.807, 2.05) is 4.57 Å². The number of hydrogen-bond acceptors (Lipinski definition) is 6. The minimum absolute atomic E-state index is 0.136. The molecule has 0 fully saturated rings. The molecule has 4 rings (SSSR count). The van der Waals surface area contributed by atoms with Crippen LogP contribution in [-0.2, 0) is 29.2 Å². The summed E-state index contributed by atoms with van der Waals surface area (Å²) < 4.78 is 40.8. The van der Waals surface area contributed by atoms with E-state index in [0.717, 1.165) is 11.8 Å². The Bertz CT molecular complexity index is 1480. The number of imidazole rings is 1. The summed E-state index contributed by atoms with van der Waals surface area (Å²) in [6.45, 7) is 3.87. The van der Waals surface area contributed by atoms with Crippen molar-refractivity contribution in [2.75, 3.05) is 6.26 Å². The van der Waals surface area contributed by atoms with Crippen LogP contribution in [0.25, 0.3) is 22.6 Å². The fourth-order valence-corrected chi connectivity index (χ4v) is 4.30. The number of aromatic nitrogens is 5. The van der Waals surface area contributed by atoms with Gasteiger partial charge in [0.25, 0.3) is 5.56 Å². The molecule has 4 aromatic rings. The van der Waals surface area contributed by atoms with Gasteiger partial charge in [-0.3, -0.25) is 4.79 Å². The van der Waals surface area contributed by atoms with Crippen molar-refractivity contribution in [3.63, 3.8) is 0 Å². The summed E-state index contributed by atoms with van der Waals surface area (Å²) in [5.41, 5.74) is 2.99. The first-order chi connectivity index (χ1) is 15.0. The number of pyridine rings is 1. The summed E-state index contributed by atoms with van der Waals surface area (Å²) >= 11 is 0. The Morgan fingerprint density at radius 3 is 2.38 bits per heavy atom. The highest BCUT2D eigenvalue weighted by molar-refractivity contribution is 7.89. The first kappa shape index (κ1) is 21.8. The maximum Gasteiger partial charge on any atom is 0.253 e. The molecule has 0 aliphatic rings. The maximum absolute atomic E-state index is 13.3. The standard InChI is InChI=1S/C22H22FN5O3S/c1-13-9-16(11-27(3)22(13)29)20-25-18(12-32(4,30)31)19-21(26-20)28(14(2)24-19)10-15-5-7-17(23)8-6-15/h5-9,11H,10,12H2,1-4H3. The van der Waals surface area contributed by atoms with Crippen molar-refractivity contribution in [1.82, 2.24) is 24.1 Å². The lowest BCUT2D eigenvalue weighted by Crippen LogP contribution is -2.18. The van der Waals surface area contributed by atoms with Gasteiger partial charge in [-0.1, -0.05) is 12.1 Å². The van der Waals surface area contributed by atoms with Gasteiger partial charge in [0.1, 0.15) is 17.2 Å². The minimum atomic E-state index is -3.39. The molecule has 8 nitrogen and oxygen atoms in total. The Morgan fingerprint density at radius 2 is 1.75 bits per heavy atom. The maximum atomic E-state index is 13.3. The van der Waals surface area contributed by atoms with Crippen LogP contribution in [-0.4, -0.2) is 38.8 Å². The summed E-state index contributed by atoms with van der Waals surface area (Å²) in [5, 5.41) is 0. The third kappa shape index (κ3) is 4.31. The third-order valence-corrected chi connectivity index (χ3v) is 5.93. The van der Waals surface area contributed by atoms with E-state index < -0.39 is 9.84 Å². The molecule has 0 aliphatic heterocycles. The molecule has 0 amide bonds. The molecule has 3 heterocycles. The van der Waals surface area contributed by atoms with Crippen molar-refractivity contribution in [1.29, 1.82) is 0 Å². The number of sulfone groups is 1. The lowest BCUT2D eigenvalue weighted by molar-refractivity contribution is 0.600. The largest absolute Gasteiger partial charge is 0.318 e. The van der Waals surface area contributed by atoms with Crippen molar-refractivity contribution in [2.24, 2.45) is 7.05 Å². The van der Waals surface area contributed by atoms with Gasteiger partial charge in [0.15, 0.2) is 21.3 Å². The second-order valence-corrected chi connectivity index (χ2v) is 10.1. The predicted octanol–water partition coefficient (Wildman–Crippen LogP) is 2.54. The van der Waals surface area contributed by atoms with Crippen LogP contribution in [0.5, 0.6) is 0 Å². The molecule has 0 spiro atoms. The smallest absolute Gasteiger partial charge is 0.253 e.